The molecule has 0 aromatic rings. The van der Waals surface area contributed by atoms with Crippen molar-refractivity contribution in [3.63, 3.8) is 0 Å². The number of hydrogen-bond acceptors (Lipinski definition) is 2. The highest BCUT2D eigenvalue weighted by atomic mass is 16.7. The van der Waals surface area contributed by atoms with Gasteiger partial charge < -0.3 is 9.47 Å². The summed E-state index contributed by atoms with van der Waals surface area (Å²) in [7, 11) is 0. The maximum Gasteiger partial charge on any atom is 0.168 e. The molecule has 2 rings (SSSR count). The van der Waals surface area contributed by atoms with Crippen LogP contribution >= 0.6 is 0 Å². The molecular formula is C13H24O2. The van der Waals surface area contributed by atoms with Gasteiger partial charge in [0.2, 0.25) is 0 Å². The topological polar surface area (TPSA) is 18.5 Å². The van der Waals surface area contributed by atoms with Crippen molar-refractivity contribution in [2.24, 2.45) is 11.3 Å². The second kappa shape index (κ2) is 3.74. The van der Waals surface area contributed by atoms with Crippen LogP contribution in [0.3, 0.4) is 0 Å². The van der Waals surface area contributed by atoms with Gasteiger partial charge in [0.25, 0.3) is 0 Å². The normalized spacial score (nSPS) is 33.8. The lowest BCUT2D eigenvalue weighted by Gasteiger charge is -2.49. The molecule has 15 heavy (non-hydrogen) atoms. The van der Waals surface area contributed by atoms with Crippen molar-refractivity contribution in [2.45, 2.75) is 65.3 Å². The van der Waals surface area contributed by atoms with Gasteiger partial charge in [0.1, 0.15) is 0 Å². The highest BCUT2D eigenvalue weighted by Gasteiger charge is 2.48. The first kappa shape index (κ1) is 11.4. The van der Waals surface area contributed by atoms with Gasteiger partial charge in [-0.2, -0.15) is 0 Å². The molecule has 1 aliphatic heterocycles. The highest BCUT2D eigenvalue weighted by molar-refractivity contribution is 4.91. The molecular weight excluding hydrogens is 188 g/mol. The molecule has 0 bridgehead atoms. The summed E-state index contributed by atoms with van der Waals surface area (Å²) in [5, 5.41) is 0. The van der Waals surface area contributed by atoms with Crippen molar-refractivity contribution in [3.05, 3.63) is 0 Å². The predicted octanol–water partition coefficient (Wildman–Crippen LogP) is 3.35. The monoisotopic (exact) mass is 212 g/mol. The molecule has 1 atom stereocenters. The SMILES string of the molecule is CC(C)[C@@H]1OC2(CCCC2)OCC1(C)C. The average molecular weight is 212 g/mol. The molecule has 0 aromatic carbocycles. The van der Waals surface area contributed by atoms with E-state index >= 15 is 0 Å². The molecule has 0 radical (unpaired) electrons. The van der Waals surface area contributed by atoms with Crippen LogP contribution in [0.4, 0.5) is 0 Å². The van der Waals surface area contributed by atoms with E-state index in [4.69, 9.17) is 9.47 Å². The fraction of sp³-hybridized carbons (Fsp3) is 1.00. The van der Waals surface area contributed by atoms with Gasteiger partial charge in [-0.1, -0.05) is 27.7 Å². The molecule has 88 valence electrons. The highest BCUT2D eigenvalue weighted by Crippen LogP contribution is 2.45. The van der Waals surface area contributed by atoms with Crippen LogP contribution in [0.15, 0.2) is 0 Å². The summed E-state index contributed by atoms with van der Waals surface area (Å²) >= 11 is 0. The van der Waals surface area contributed by atoms with E-state index in [0.29, 0.717) is 12.0 Å². The summed E-state index contributed by atoms with van der Waals surface area (Å²) in [6.07, 6.45) is 5.03. The fourth-order valence-corrected chi connectivity index (χ4v) is 3.04. The van der Waals surface area contributed by atoms with Gasteiger partial charge in [-0.25, -0.2) is 0 Å². The molecule has 1 saturated carbocycles. The summed E-state index contributed by atoms with van der Waals surface area (Å²) in [5.74, 6) is 0.353. The maximum absolute atomic E-state index is 6.29. The average Bonchev–Trinajstić information content (AvgIpc) is 2.59. The lowest BCUT2D eigenvalue weighted by Crippen LogP contribution is -2.53. The Morgan fingerprint density at radius 2 is 1.73 bits per heavy atom. The lowest BCUT2D eigenvalue weighted by molar-refractivity contribution is -0.333. The summed E-state index contributed by atoms with van der Waals surface area (Å²) in [6, 6.07) is 0. The first-order valence-electron chi connectivity index (χ1n) is 6.27. The zero-order chi connectivity index (χ0) is 11.1. The van der Waals surface area contributed by atoms with Crippen molar-refractivity contribution in [1.82, 2.24) is 0 Å². The first-order chi connectivity index (χ1) is 6.95. The quantitative estimate of drug-likeness (QED) is 0.663. The molecule has 1 spiro atoms. The number of ether oxygens (including phenoxy) is 2. The molecule has 0 aromatic heterocycles. The Kier molecular flexibility index (Phi) is 2.85. The Morgan fingerprint density at radius 1 is 1.13 bits per heavy atom. The van der Waals surface area contributed by atoms with Gasteiger partial charge in [0.05, 0.1) is 12.7 Å². The molecule has 2 fully saturated rings. The second-order valence-electron chi connectivity index (χ2n) is 6.18. The van der Waals surface area contributed by atoms with Gasteiger partial charge in [-0.15, -0.1) is 0 Å². The predicted molar refractivity (Wildman–Crippen MR) is 60.6 cm³/mol. The summed E-state index contributed by atoms with van der Waals surface area (Å²) in [4.78, 5) is 0. The van der Waals surface area contributed by atoms with Crippen LogP contribution in [-0.4, -0.2) is 18.5 Å². The summed E-state index contributed by atoms with van der Waals surface area (Å²) < 4.78 is 12.3. The third kappa shape index (κ3) is 2.07. The van der Waals surface area contributed by atoms with Crippen LogP contribution in [-0.2, 0) is 9.47 Å². The fourth-order valence-electron chi connectivity index (χ4n) is 3.04. The molecule has 2 nitrogen and oxygen atoms in total. The van der Waals surface area contributed by atoms with Gasteiger partial charge in [-0.3, -0.25) is 0 Å². The van der Waals surface area contributed by atoms with Crippen molar-refractivity contribution in [2.75, 3.05) is 6.61 Å². The molecule has 2 aliphatic rings. The minimum atomic E-state index is -0.218. The van der Waals surface area contributed by atoms with E-state index in [1.807, 2.05) is 0 Å². The minimum absolute atomic E-state index is 0.155. The standard InChI is InChI=1S/C13H24O2/c1-10(2)11-12(3,4)9-14-13(15-11)7-5-6-8-13/h10-11H,5-9H2,1-4H3/t11-/m0/s1. The zero-order valence-electron chi connectivity index (χ0n) is 10.5. The van der Waals surface area contributed by atoms with Crippen LogP contribution in [0, 0.1) is 11.3 Å². The zero-order valence-corrected chi connectivity index (χ0v) is 10.5. The Balaban J connectivity index is 2.12. The molecule has 1 aliphatic carbocycles. The largest absolute Gasteiger partial charge is 0.349 e. The second-order valence-corrected chi connectivity index (χ2v) is 6.18. The number of hydrogen-bond donors (Lipinski definition) is 0. The van der Waals surface area contributed by atoms with Crippen LogP contribution in [0.5, 0.6) is 0 Å². The third-order valence-corrected chi connectivity index (χ3v) is 3.79. The molecule has 0 amide bonds. The van der Waals surface area contributed by atoms with E-state index in [1.54, 1.807) is 0 Å². The van der Waals surface area contributed by atoms with Gasteiger partial charge >= 0.3 is 0 Å². The van der Waals surface area contributed by atoms with Crippen LogP contribution in [0.25, 0.3) is 0 Å². The van der Waals surface area contributed by atoms with E-state index in [0.717, 1.165) is 19.4 Å². The minimum Gasteiger partial charge on any atom is -0.349 e. The maximum atomic E-state index is 6.29. The van der Waals surface area contributed by atoms with Gasteiger partial charge in [0.15, 0.2) is 5.79 Å². The van der Waals surface area contributed by atoms with Gasteiger partial charge in [-0.05, 0) is 18.8 Å². The van der Waals surface area contributed by atoms with Gasteiger partial charge in [0, 0.05) is 18.3 Å². The van der Waals surface area contributed by atoms with Crippen LogP contribution in [0.2, 0.25) is 0 Å². The first-order valence-corrected chi connectivity index (χ1v) is 6.27. The third-order valence-electron chi connectivity index (χ3n) is 3.79. The molecule has 1 saturated heterocycles. The van der Waals surface area contributed by atoms with Crippen molar-refractivity contribution in [1.29, 1.82) is 0 Å². The van der Waals surface area contributed by atoms with E-state index in [1.165, 1.54) is 12.8 Å². The van der Waals surface area contributed by atoms with Crippen LogP contribution in [0.1, 0.15) is 53.4 Å². The van der Waals surface area contributed by atoms with Crippen molar-refractivity contribution < 1.29 is 9.47 Å². The van der Waals surface area contributed by atoms with Crippen LogP contribution < -0.4 is 0 Å². The molecule has 0 N–H and O–H groups in total. The summed E-state index contributed by atoms with van der Waals surface area (Å²) in [6.45, 7) is 9.84. The van der Waals surface area contributed by atoms with E-state index in [2.05, 4.69) is 27.7 Å². The van der Waals surface area contributed by atoms with Crippen molar-refractivity contribution >= 4 is 0 Å². The molecule has 0 unspecified atom stereocenters. The van der Waals surface area contributed by atoms with E-state index < -0.39 is 0 Å². The Hall–Kier alpha value is -0.0800. The Labute approximate surface area is 93.3 Å². The van der Waals surface area contributed by atoms with E-state index in [-0.39, 0.29) is 11.2 Å². The Bertz CT molecular complexity index is 227. The van der Waals surface area contributed by atoms with Crippen molar-refractivity contribution in [3.8, 4) is 0 Å². The lowest BCUT2D eigenvalue weighted by atomic mass is 9.80. The smallest absolute Gasteiger partial charge is 0.168 e. The molecule has 1 heterocycles. The number of rotatable bonds is 1. The molecule has 2 heteroatoms. The Morgan fingerprint density at radius 3 is 2.27 bits per heavy atom. The summed E-state index contributed by atoms with van der Waals surface area (Å²) in [5.41, 5.74) is 0.155. The van der Waals surface area contributed by atoms with E-state index in [9.17, 15) is 0 Å².